The molecular formula is C25H28F3NO3. The van der Waals surface area contributed by atoms with Gasteiger partial charge in [-0.3, -0.25) is 4.79 Å². The summed E-state index contributed by atoms with van der Waals surface area (Å²) in [5, 5.41) is 3.17. The molecule has 1 aromatic carbocycles. The van der Waals surface area contributed by atoms with Crippen LogP contribution in [-0.4, -0.2) is 17.9 Å². The highest BCUT2D eigenvalue weighted by molar-refractivity contribution is 6.04. The molecule has 7 heteroatoms. The monoisotopic (exact) mass is 447 g/mol. The van der Waals surface area contributed by atoms with Crippen molar-refractivity contribution in [2.75, 3.05) is 0 Å². The Balaban J connectivity index is 1.87. The van der Waals surface area contributed by atoms with E-state index in [1.54, 1.807) is 6.92 Å². The number of rotatable bonds is 3. The van der Waals surface area contributed by atoms with Crippen molar-refractivity contribution >= 4 is 11.8 Å². The third kappa shape index (κ3) is 4.21. The van der Waals surface area contributed by atoms with Crippen LogP contribution in [0.4, 0.5) is 13.2 Å². The van der Waals surface area contributed by atoms with Crippen molar-refractivity contribution in [3.05, 3.63) is 57.9 Å². The quantitative estimate of drug-likeness (QED) is 0.596. The van der Waals surface area contributed by atoms with E-state index in [2.05, 4.69) is 5.32 Å². The molecule has 0 bridgehead atoms. The first-order valence-corrected chi connectivity index (χ1v) is 11.1. The van der Waals surface area contributed by atoms with Gasteiger partial charge in [0.15, 0.2) is 5.78 Å². The molecule has 1 N–H and O–H groups in total. The number of dihydropyridines is 1. The maximum atomic E-state index is 14.0. The molecule has 0 unspecified atom stereocenters. The first-order valence-electron chi connectivity index (χ1n) is 11.1. The van der Waals surface area contributed by atoms with Gasteiger partial charge in [-0.05, 0) is 56.1 Å². The lowest BCUT2D eigenvalue weighted by Gasteiger charge is -2.40. The van der Waals surface area contributed by atoms with E-state index in [0.717, 1.165) is 31.7 Å². The average Bonchev–Trinajstić information content (AvgIpc) is 3.18. The van der Waals surface area contributed by atoms with Crippen molar-refractivity contribution in [2.24, 2.45) is 5.41 Å². The maximum Gasteiger partial charge on any atom is 0.416 e. The van der Waals surface area contributed by atoms with E-state index in [1.807, 2.05) is 13.8 Å². The molecule has 0 amide bonds. The van der Waals surface area contributed by atoms with Crippen LogP contribution in [-0.2, 0) is 20.5 Å². The molecule has 0 radical (unpaired) electrons. The normalized spacial score (nSPS) is 23.8. The first-order chi connectivity index (χ1) is 15.0. The zero-order valence-corrected chi connectivity index (χ0v) is 18.6. The lowest BCUT2D eigenvalue weighted by Crippen LogP contribution is -2.39. The van der Waals surface area contributed by atoms with Crippen LogP contribution in [0, 0.1) is 5.41 Å². The predicted molar refractivity (Wildman–Crippen MR) is 113 cm³/mol. The summed E-state index contributed by atoms with van der Waals surface area (Å²) >= 11 is 0. The van der Waals surface area contributed by atoms with Crippen LogP contribution >= 0.6 is 0 Å². The van der Waals surface area contributed by atoms with E-state index in [9.17, 15) is 22.8 Å². The van der Waals surface area contributed by atoms with Gasteiger partial charge in [0.2, 0.25) is 0 Å². The lowest BCUT2D eigenvalue weighted by molar-refractivity contribution is -0.145. The summed E-state index contributed by atoms with van der Waals surface area (Å²) in [6.45, 7) is 5.58. The van der Waals surface area contributed by atoms with Gasteiger partial charge in [0.1, 0.15) is 6.10 Å². The van der Waals surface area contributed by atoms with Gasteiger partial charge in [0.05, 0.1) is 11.1 Å². The van der Waals surface area contributed by atoms with E-state index in [4.69, 9.17) is 4.74 Å². The molecule has 1 heterocycles. The van der Waals surface area contributed by atoms with Gasteiger partial charge >= 0.3 is 12.1 Å². The summed E-state index contributed by atoms with van der Waals surface area (Å²) in [4.78, 5) is 26.5. The molecule has 1 aromatic rings. The summed E-state index contributed by atoms with van der Waals surface area (Å²) in [6, 6.07) is 5.21. The molecule has 0 saturated heterocycles. The van der Waals surface area contributed by atoms with Gasteiger partial charge < -0.3 is 10.1 Å². The molecule has 1 saturated carbocycles. The van der Waals surface area contributed by atoms with E-state index in [1.165, 1.54) is 18.2 Å². The molecule has 2 aliphatic carbocycles. The zero-order valence-electron chi connectivity index (χ0n) is 18.6. The number of hydrogen-bond acceptors (Lipinski definition) is 4. The van der Waals surface area contributed by atoms with E-state index in [0.29, 0.717) is 17.8 Å². The number of hydrogen-bond donors (Lipinski definition) is 1. The minimum atomic E-state index is -4.62. The Kier molecular flexibility index (Phi) is 5.72. The number of carbonyl (C=O) groups excluding carboxylic acids is 2. The van der Waals surface area contributed by atoms with Crippen molar-refractivity contribution in [2.45, 2.75) is 77.5 Å². The third-order valence-corrected chi connectivity index (χ3v) is 6.61. The Hall–Kier alpha value is -2.57. The molecule has 1 aliphatic heterocycles. The zero-order chi connectivity index (χ0) is 23.3. The SMILES string of the molecule is CC1=C(C(=O)OC2CCCC2)[C@H](c2ccccc2C(F)(F)F)C2=C(CC(C)(C)CC2=O)N1. The summed E-state index contributed by atoms with van der Waals surface area (Å²) in [6.07, 6.45) is -0.726. The van der Waals surface area contributed by atoms with Gasteiger partial charge in [0.25, 0.3) is 0 Å². The average molecular weight is 447 g/mol. The lowest BCUT2D eigenvalue weighted by atomic mass is 9.68. The molecule has 0 aromatic heterocycles. The second kappa shape index (κ2) is 8.09. The first kappa shape index (κ1) is 22.6. The molecule has 0 spiro atoms. The fraction of sp³-hybridized carbons (Fsp3) is 0.520. The van der Waals surface area contributed by atoms with Gasteiger partial charge in [0, 0.05) is 29.3 Å². The topological polar surface area (TPSA) is 55.4 Å². The third-order valence-electron chi connectivity index (χ3n) is 6.61. The Morgan fingerprint density at radius 2 is 1.78 bits per heavy atom. The van der Waals surface area contributed by atoms with Crippen LogP contribution in [0.2, 0.25) is 0 Å². The fourth-order valence-corrected chi connectivity index (χ4v) is 5.25. The number of ether oxygens (including phenoxy) is 1. The smallest absolute Gasteiger partial charge is 0.416 e. The summed E-state index contributed by atoms with van der Waals surface area (Å²) in [7, 11) is 0. The van der Waals surface area contributed by atoms with Crippen LogP contribution in [0.5, 0.6) is 0 Å². The largest absolute Gasteiger partial charge is 0.459 e. The Bertz CT molecular complexity index is 1010. The standard InChI is InChI=1S/C25H28F3NO3/c1-14-20(23(31)32-15-8-4-5-9-15)21(16-10-6-7-11-17(16)25(26,27)28)22-18(29-14)12-24(2,3)13-19(22)30/h6-7,10-11,15,21,29H,4-5,8-9,12-13H2,1-3H3/t21-/m0/s1. The Labute approximate surface area is 185 Å². The van der Waals surface area contributed by atoms with Gasteiger partial charge in [-0.25, -0.2) is 4.79 Å². The second-order valence-electron chi connectivity index (χ2n) is 9.83. The number of ketones is 1. The highest BCUT2D eigenvalue weighted by Crippen LogP contribution is 2.49. The molecule has 1 atom stereocenters. The van der Waals surface area contributed by atoms with Crippen molar-refractivity contribution < 1.29 is 27.5 Å². The van der Waals surface area contributed by atoms with Crippen LogP contribution in [0.15, 0.2) is 46.8 Å². The van der Waals surface area contributed by atoms with Crippen molar-refractivity contribution in [3.63, 3.8) is 0 Å². The van der Waals surface area contributed by atoms with Crippen molar-refractivity contribution in [1.82, 2.24) is 5.32 Å². The molecule has 4 nitrogen and oxygen atoms in total. The van der Waals surface area contributed by atoms with Crippen LogP contribution in [0.25, 0.3) is 0 Å². The number of carbonyl (C=O) groups is 2. The summed E-state index contributed by atoms with van der Waals surface area (Å²) < 4.78 is 47.6. The van der Waals surface area contributed by atoms with Crippen molar-refractivity contribution in [1.29, 1.82) is 0 Å². The Morgan fingerprint density at radius 1 is 1.12 bits per heavy atom. The highest BCUT2D eigenvalue weighted by atomic mass is 19.4. The summed E-state index contributed by atoms with van der Waals surface area (Å²) in [5.74, 6) is -1.99. The maximum absolute atomic E-state index is 14.0. The van der Waals surface area contributed by atoms with Gasteiger partial charge in [-0.2, -0.15) is 13.2 Å². The molecule has 172 valence electrons. The minimum absolute atomic E-state index is 0.0835. The van der Waals surface area contributed by atoms with Crippen LogP contribution < -0.4 is 5.32 Å². The van der Waals surface area contributed by atoms with Crippen LogP contribution in [0.1, 0.15) is 76.3 Å². The number of esters is 1. The van der Waals surface area contributed by atoms with E-state index in [-0.39, 0.29) is 40.4 Å². The number of allylic oxidation sites excluding steroid dienone is 3. The van der Waals surface area contributed by atoms with E-state index >= 15 is 0 Å². The molecule has 1 fully saturated rings. The fourth-order valence-electron chi connectivity index (χ4n) is 5.25. The molecule has 4 rings (SSSR count). The predicted octanol–water partition coefficient (Wildman–Crippen LogP) is 5.80. The molecule has 3 aliphatic rings. The van der Waals surface area contributed by atoms with Crippen LogP contribution in [0.3, 0.4) is 0 Å². The Morgan fingerprint density at radius 3 is 2.44 bits per heavy atom. The number of nitrogens with one attached hydrogen (secondary N) is 1. The highest BCUT2D eigenvalue weighted by Gasteiger charge is 2.46. The second-order valence-corrected chi connectivity index (χ2v) is 9.83. The molecular weight excluding hydrogens is 419 g/mol. The summed E-state index contributed by atoms with van der Waals surface area (Å²) in [5.41, 5.74) is 0.155. The minimum Gasteiger partial charge on any atom is -0.459 e. The number of benzene rings is 1. The number of Topliss-reactive ketones (excluding diaryl/α,β-unsaturated/α-hetero) is 1. The molecule has 32 heavy (non-hydrogen) atoms. The van der Waals surface area contributed by atoms with Gasteiger partial charge in [-0.1, -0.05) is 32.0 Å². The number of alkyl halides is 3. The number of halogens is 3. The van der Waals surface area contributed by atoms with Crippen molar-refractivity contribution in [3.8, 4) is 0 Å². The van der Waals surface area contributed by atoms with Gasteiger partial charge in [-0.15, -0.1) is 0 Å². The van der Waals surface area contributed by atoms with E-state index < -0.39 is 23.6 Å².